The molecular formula is C12H19F3N2O2. The molecule has 2 aliphatic heterocycles. The highest BCUT2D eigenvalue weighted by Gasteiger charge is 2.45. The van der Waals surface area contributed by atoms with Crippen LogP contribution in [-0.4, -0.2) is 55.9 Å². The summed E-state index contributed by atoms with van der Waals surface area (Å²) in [6.07, 6.45) is -2.58. The van der Waals surface area contributed by atoms with Gasteiger partial charge in [0.1, 0.15) is 6.04 Å². The van der Waals surface area contributed by atoms with Gasteiger partial charge in [0.05, 0.1) is 0 Å². The number of hydrogen-bond donors (Lipinski definition) is 1. The minimum atomic E-state index is -4.30. The van der Waals surface area contributed by atoms with Gasteiger partial charge in [0.2, 0.25) is 5.91 Å². The number of halogens is 3. The summed E-state index contributed by atoms with van der Waals surface area (Å²) >= 11 is 0. The molecule has 0 aromatic carbocycles. The van der Waals surface area contributed by atoms with Gasteiger partial charge in [-0.1, -0.05) is 0 Å². The molecule has 0 aliphatic carbocycles. The first-order valence-corrected chi connectivity index (χ1v) is 6.62. The number of rotatable bonds is 2. The van der Waals surface area contributed by atoms with E-state index in [0.29, 0.717) is 19.8 Å². The minimum Gasteiger partial charge on any atom is -0.381 e. The normalized spacial score (nSPS) is 27.9. The molecule has 0 aromatic rings. The van der Waals surface area contributed by atoms with Crippen LogP contribution in [0.2, 0.25) is 0 Å². The average Bonchev–Trinajstić information content (AvgIpc) is 2.53. The van der Waals surface area contributed by atoms with Crippen LogP contribution in [0.3, 0.4) is 0 Å². The Morgan fingerprint density at radius 1 is 1.32 bits per heavy atom. The number of nitrogens with zero attached hydrogens (tertiary/aromatic N) is 1. The summed E-state index contributed by atoms with van der Waals surface area (Å²) in [7, 11) is 0. The number of nitrogens with one attached hydrogen (secondary N) is 1. The molecule has 7 heteroatoms. The van der Waals surface area contributed by atoms with Crippen molar-refractivity contribution < 1.29 is 22.7 Å². The van der Waals surface area contributed by atoms with Gasteiger partial charge in [-0.3, -0.25) is 9.69 Å². The maximum atomic E-state index is 13.0. The summed E-state index contributed by atoms with van der Waals surface area (Å²) in [5, 5.41) is 2.34. The molecule has 19 heavy (non-hydrogen) atoms. The molecule has 110 valence electrons. The molecular weight excluding hydrogens is 261 g/mol. The topological polar surface area (TPSA) is 41.6 Å². The molecule has 1 amide bonds. The zero-order chi connectivity index (χ0) is 13.9. The van der Waals surface area contributed by atoms with E-state index in [-0.39, 0.29) is 31.3 Å². The van der Waals surface area contributed by atoms with Crippen LogP contribution in [0.1, 0.15) is 19.3 Å². The van der Waals surface area contributed by atoms with Crippen molar-refractivity contribution in [2.24, 2.45) is 5.92 Å². The fourth-order valence-electron chi connectivity index (χ4n) is 2.63. The third-order valence-corrected chi connectivity index (χ3v) is 3.77. The molecule has 2 saturated heterocycles. The van der Waals surface area contributed by atoms with Crippen LogP contribution in [0.25, 0.3) is 0 Å². The lowest BCUT2D eigenvalue weighted by molar-refractivity contribution is -0.183. The molecule has 0 radical (unpaired) electrons. The molecule has 1 unspecified atom stereocenters. The second-order valence-electron chi connectivity index (χ2n) is 5.16. The first-order chi connectivity index (χ1) is 8.97. The van der Waals surface area contributed by atoms with Crippen LogP contribution >= 0.6 is 0 Å². The van der Waals surface area contributed by atoms with Crippen LogP contribution < -0.4 is 5.32 Å². The summed E-state index contributed by atoms with van der Waals surface area (Å²) in [6.45, 7) is 1.46. The average molecular weight is 280 g/mol. The Kier molecular flexibility index (Phi) is 4.67. The maximum Gasteiger partial charge on any atom is 0.405 e. The van der Waals surface area contributed by atoms with Gasteiger partial charge >= 0.3 is 6.18 Å². The van der Waals surface area contributed by atoms with E-state index < -0.39 is 12.2 Å². The molecule has 0 aromatic heterocycles. The Hall–Kier alpha value is -0.820. The summed E-state index contributed by atoms with van der Waals surface area (Å²) in [5.74, 6) is -0.0736. The van der Waals surface area contributed by atoms with E-state index in [1.807, 2.05) is 0 Å². The summed E-state index contributed by atoms with van der Waals surface area (Å²) in [6, 6.07) is -1.57. The predicted molar refractivity (Wildman–Crippen MR) is 62.6 cm³/mol. The molecule has 0 bridgehead atoms. The fourth-order valence-corrected chi connectivity index (χ4v) is 2.63. The van der Waals surface area contributed by atoms with E-state index in [2.05, 4.69) is 5.32 Å². The molecule has 2 fully saturated rings. The van der Waals surface area contributed by atoms with Crippen molar-refractivity contribution in [3.8, 4) is 0 Å². The highest BCUT2D eigenvalue weighted by atomic mass is 19.4. The Bertz CT molecular complexity index is 317. The van der Waals surface area contributed by atoms with Gasteiger partial charge in [-0.15, -0.1) is 0 Å². The van der Waals surface area contributed by atoms with Crippen molar-refractivity contribution in [2.45, 2.75) is 31.5 Å². The van der Waals surface area contributed by atoms with Gasteiger partial charge in [0.15, 0.2) is 0 Å². The summed E-state index contributed by atoms with van der Waals surface area (Å²) in [4.78, 5) is 12.7. The standard InChI is InChI=1S/C12H19F3N2O2/c13-12(14,15)10-7-16-11(18)1-4-17(10)8-9-2-5-19-6-3-9/h9-10H,1-8H2,(H,16,18). The second kappa shape index (κ2) is 6.09. The van der Waals surface area contributed by atoms with Crippen molar-refractivity contribution in [2.75, 3.05) is 32.8 Å². The largest absolute Gasteiger partial charge is 0.405 e. The van der Waals surface area contributed by atoms with Crippen molar-refractivity contribution in [3.63, 3.8) is 0 Å². The van der Waals surface area contributed by atoms with Crippen molar-refractivity contribution in [1.82, 2.24) is 10.2 Å². The highest BCUT2D eigenvalue weighted by molar-refractivity contribution is 5.76. The summed E-state index contributed by atoms with van der Waals surface area (Å²) in [5.41, 5.74) is 0. The lowest BCUT2D eigenvalue weighted by atomic mass is 9.98. The summed E-state index contributed by atoms with van der Waals surface area (Å²) < 4.78 is 44.3. The van der Waals surface area contributed by atoms with Gasteiger partial charge < -0.3 is 10.1 Å². The van der Waals surface area contributed by atoms with E-state index in [4.69, 9.17) is 4.74 Å². The smallest absolute Gasteiger partial charge is 0.381 e. The SMILES string of the molecule is O=C1CCN(CC2CCOCC2)C(C(F)(F)F)CN1. The zero-order valence-electron chi connectivity index (χ0n) is 10.7. The minimum absolute atomic E-state index is 0.135. The monoisotopic (exact) mass is 280 g/mol. The fraction of sp³-hybridized carbons (Fsp3) is 0.917. The number of ether oxygens (including phenoxy) is 1. The number of alkyl halides is 3. The number of amides is 1. The van der Waals surface area contributed by atoms with Crippen LogP contribution in [0.15, 0.2) is 0 Å². The van der Waals surface area contributed by atoms with Gasteiger partial charge in [0.25, 0.3) is 0 Å². The lowest BCUT2D eigenvalue weighted by Crippen LogP contribution is -2.51. The zero-order valence-corrected chi connectivity index (χ0v) is 10.7. The van der Waals surface area contributed by atoms with Crippen molar-refractivity contribution >= 4 is 5.91 Å². The Morgan fingerprint density at radius 3 is 2.63 bits per heavy atom. The molecule has 4 nitrogen and oxygen atoms in total. The van der Waals surface area contributed by atoms with Crippen molar-refractivity contribution in [3.05, 3.63) is 0 Å². The molecule has 0 spiro atoms. The molecule has 2 heterocycles. The van der Waals surface area contributed by atoms with Gasteiger partial charge in [-0.25, -0.2) is 0 Å². The molecule has 0 saturated carbocycles. The highest BCUT2D eigenvalue weighted by Crippen LogP contribution is 2.28. The number of hydrogen-bond acceptors (Lipinski definition) is 3. The molecule has 1 atom stereocenters. The van der Waals surface area contributed by atoms with Crippen LogP contribution in [-0.2, 0) is 9.53 Å². The van der Waals surface area contributed by atoms with E-state index in [0.717, 1.165) is 12.8 Å². The van der Waals surface area contributed by atoms with Crippen LogP contribution in [0.5, 0.6) is 0 Å². The first-order valence-electron chi connectivity index (χ1n) is 6.62. The van der Waals surface area contributed by atoms with E-state index >= 15 is 0 Å². The van der Waals surface area contributed by atoms with Gasteiger partial charge in [-0.05, 0) is 18.8 Å². The lowest BCUT2D eigenvalue weighted by Gasteiger charge is -2.34. The Labute approximate surface area is 110 Å². The first kappa shape index (κ1) is 14.6. The second-order valence-corrected chi connectivity index (χ2v) is 5.16. The molecule has 2 rings (SSSR count). The molecule has 2 aliphatic rings. The van der Waals surface area contributed by atoms with E-state index in [1.54, 1.807) is 0 Å². The van der Waals surface area contributed by atoms with Gasteiger partial charge in [-0.2, -0.15) is 13.2 Å². The van der Waals surface area contributed by atoms with Gasteiger partial charge in [0, 0.05) is 39.3 Å². The van der Waals surface area contributed by atoms with Crippen LogP contribution in [0, 0.1) is 5.92 Å². The maximum absolute atomic E-state index is 13.0. The quantitative estimate of drug-likeness (QED) is 0.825. The van der Waals surface area contributed by atoms with Crippen molar-refractivity contribution in [1.29, 1.82) is 0 Å². The molecule has 1 N–H and O–H groups in total. The number of carbonyl (C=O) groups is 1. The van der Waals surface area contributed by atoms with E-state index in [1.165, 1.54) is 4.90 Å². The third-order valence-electron chi connectivity index (χ3n) is 3.77. The van der Waals surface area contributed by atoms with E-state index in [9.17, 15) is 18.0 Å². The predicted octanol–water partition coefficient (Wildman–Crippen LogP) is 1.17. The third kappa shape index (κ3) is 4.07. The Balaban J connectivity index is 2.01. The van der Waals surface area contributed by atoms with Crippen LogP contribution in [0.4, 0.5) is 13.2 Å². The Morgan fingerprint density at radius 2 is 2.00 bits per heavy atom. The number of carbonyl (C=O) groups excluding carboxylic acids is 1.